The average Bonchev–Trinajstić information content (AvgIpc) is 2.42. The van der Waals surface area contributed by atoms with Gasteiger partial charge >= 0.3 is 12.0 Å². The van der Waals surface area contributed by atoms with Gasteiger partial charge in [0.2, 0.25) is 0 Å². The number of carbonyl (C=O) groups is 2. The van der Waals surface area contributed by atoms with E-state index in [2.05, 4.69) is 4.90 Å². The van der Waals surface area contributed by atoms with Gasteiger partial charge in [0.1, 0.15) is 0 Å². The molecule has 2 amide bonds. The molecule has 3 rings (SSSR count). The van der Waals surface area contributed by atoms with Gasteiger partial charge in [0.15, 0.2) is 0 Å². The SMILES string of the molecule is CN1CCN(C(=O)N2CC(CC(=O)O)C2)c2ccccc21. The van der Waals surface area contributed by atoms with Crippen LogP contribution in [0.4, 0.5) is 16.2 Å². The number of carboxylic acids is 1. The summed E-state index contributed by atoms with van der Waals surface area (Å²) in [4.78, 5) is 28.9. The van der Waals surface area contributed by atoms with Crippen molar-refractivity contribution in [2.24, 2.45) is 5.92 Å². The van der Waals surface area contributed by atoms with Gasteiger partial charge in [-0.3, -0.25) is 9.69 Å². The highest BCUT2D eigenvalue weighted by Gasteiger charge is 2.36. The molecule has 0 saturated carbocycles. The Morgan fingerprint density at radius 2 is 1.86 bits per heavy atom. The highest BCUT2D eigenvalue weighted by Crippen LogP contribution is 2.33. The van der Waals surface area contributed by atoms with Gasteiger partial charge in [-0.05, 0) is 12.1 Å². The zero-order valence-corrected chi connectivity index (χ0v) is 12.0. The number of fused-ring (bicyclic) bond motifs is 1. The maximum atomic E-state index is 12.6. The molecule has 21 heavy (non-hydrogen) atoms. The Kier molecular flexibility index (Phi) is 3.45. The average molecular weight is 289 g/mol. The van der Waals surface area contributed by atoms with Crippen LogP contribution in [0.2, 0.25) is 0 Å². The Labute approximate surface area is 123 Å². The minimum atomic E-state index is -0.794. The molecule has 0 aliphatic carbocycles. The Hall–Kier alpha value is -2.24. The van der Waals surface area contributed by atoms with Crippen LogP contribution in [0, 0.1) is 5.92 Å². The molecule has 0 spiro atoms. The van der Waals surface area contributed by atoms with Gasteiger partial charge in [0.05, 0.1) is 17.8 Å². The minimum Gasteiger partial charge on any atom is -0.481 e. The topological polar surface area (TPSA) is 64.1 Å². The number of carbonyl (C=O) groups excluding carboxylic acids is 1. The van der Waals surface area contributed by atoms with E-state index in [0.29, 0.717) is 19.6 Å². The number of likely N-dealkylation sites (tertiary alicyclic amines) is 1. The number of hydrogen-bond acceptors (Lipinski definition) is 3. The van der Waals surface area contributed by atoms with Crippen molar-refractivity contribution in [3.63, 3.8) is 0 Å². The smallest absolute Gasteiger partial charge is 0.324 e. The fraction of sp³-hybridized carbons (Fsp3) is 0.467. The Morgan fingerprint density at radius 3 is 2.52 bits per heavy atom. The second kappa shape index (κ2) is 5.27. The molecule has 6 nitrogen and oxygen atoms in total. The van der Waals surface area contributed by atoms with E-state index in [9.17, 15) is 9.59 Å². The number of likely N-dealkylation sites (N-methyl/N-ethyl adjacent to an activating group) is 1. The summed E-state index contributed by atoms with van der Waals surface area (Å²) in [5.41, 5.74) is 1.98. The summed E-state index contributed by atoms with van der Waals surface area (Å²) in [6.07, 6.45) is 0.142. The summed E-state index contributed by atoms with van der Waals surface area (Å²) >= 11 is 0. The van der Waals surface area contributed by atoms with Crippen molar-refractivity contribution < 1.29 is 14.7 Å². The van der Waals surface area contributed by atoms with Crippen molar-refractivity contribution in [3.8, 4) is 0 Å². The van der Waals surface area contributed by atoms with Crippen LogP contribution in [-0.4, -0.2) is 55.2 Å². The summed E-state index contributed by atoms with van der Waals surface area (Å²) in [5.74, 6) is -0.703. The fourth-order valence-electron chi connectivity index (χ4n) is 2.98. The lowest BCUT2D eigenvalue weighted by molar-refractivity contribution is -0.139. The number of rotatable bonds is 2. The van der Waals surface area contributed by atoms with Crippen LogP contribution in [-0.2, 0) is 4.79 Å². The number of anilines is 2. The molecule has 6 heteroatoms. The second-order valence-electron chi connectivity index (χ2n) is 5.71. The van der Waals surface area contributed by atoms with Crippen LogP contribution < -0.4 is 9.80 Å². The monoisotopic (exact) mass is 289 g/mol. The van der Waals surface area contributed by atoms with Crippen LogP contribution >= 0.6 is 0 Å². The molecule has 1 fully saturated rings. The molecule has 1 N–H and O–H groups in total. The van der Waals surface area contributed by atoms with Crippen molar-refractivity contribution in [2.45, 2.75) is 6.42 Å². The third kappa shape index (κ3) is 2.53. The summed E-state index contributed by atoms with van der Waals surface area (Å²) < 4.78 is 0. The van der Waals surface area contributed by atoms with Crippen LogP contribution in [0.5, 0.6) is 0 Å². The number of amides is 2. The summed E-state index contributed by atoms with van der Waals surface area (Å²) in [7, 11) is 2.02. The first-order chi connectivity index (χ1) is 10.1. The molecule has 1 aromatic rings. The molecule has 1 saturated heterocycles. The molecule has 0 radical (unpaired) electrons. The Balaban J connectivity index is 1.70. The number of aliphatic carboxylic acids is 1. The van der Waals surface area contributed by atoms with Crippen molar-refractivity contribution in [1.29, 1.82) is 0 Å². The normalized spacial score (nSPS) is 18.2. The zero-order chi connectivity index (χ0) is 15.0. The lowest BCUT2D eigenvalue weighted by Gasteiger charge is -2.44. The second-order valence-corrected chi connectivity index (χ2v) is 5.71. The number of hydrogen-bond donors (Lipinski definition) is 1. The van der Waals surface area contributed by atoms with E-state index >= 15 is 0 Å². The molecule has 2 aliphatic heterocycles. The third-order valence-corrected chi connectivity index (χ3v) is 4.16. The van der Waals surface area contributed by atoms with Crippen molar-refractivity contribution in [3.05, 3.63) is 24.3 Å². The van der Waals surface area contributed by atoms with E-state index in [1.54, 1.807) is 9.80 Å². The molecular weight excluding hydrogens is 270 g/mol. The molecule has 0 unspecified atom stereocenters. The largest absolute Gasteiger partial charge is 0.481 e. The molecule has 0 bridgehead atoms. The minimum absolute atomic E-state index is 0.0165. The fourth-order valence-corrected chi connectivity index (χ4v) is 2.98. The van der Waals surface area contributed by atoms with Gasteiger partial charge in [-0.1, -0.05) is 12.1 Å². The lowest BCUT2D eigenvalue weighted by Crippen LogP contribution is -2.57. The first-order valence-corrected chi connectivity index (χ1v) is 7.14. The van der Waals surface area contributed by atoms with Gasteiger partial charge in [-0.2, -0.15) is 0 Å². The van der Waals surface area contributed by atoms with Crippen molar-refractivity contribution >= 4 is 23.4 Å². The molecular formula is C15H19N3O3. The van der Waals surface area contributed by atoms with Crippen LogP contribution in [0.3, 0.4) is 0 Å². The van der Waals surface area contributed by atoms with Crippen LogP contribution in [0.25, 0.3) is 0 Å². The lowest BCUT2D eigenvalue weighted by atomic mass is 9.97. The van der Waals surface area contributed by atoms with Crippen LogP contribution in [0.1, 0.15) is 6.42 Å². The molecule has 112 valence electrons. The molecule has 0 atom stereocenters. The number of carboxylic acid groups (broad SMARTS) is 1. The Morgan fingerprint density at radius 1 is 1.19 bits per heavy atom. The van der Waals surface area contributed by atoms with Gasteiger partial charge in [-0.15, -0.1) is 0 Å². The maximum absolute atomic E-state index is 12.6. The highest BCUT2D eigenvalue weighted by molar-refractivity contribution is 5.97. The van der Waals surface area contributed by atoms with Gasteiger partial charge in [0.25, 0.3) is 0 Å². The van der Waals surface area contributed by atoms with E-state index in [4.69, 9.17) is 5.11 Å². The van der Waals surface area contributed by atoms with E-state index < -0.39 is 5.97 Å². The molecule has 2 aliphatic rings. The third-order valence-electron chi connectivity index (χ3n) is 4.16. The first kappa shape index (κ1) is 13.7. The van der Waals surface area contributed by atoms with E-state index in [-0.39, 0.29) is 18.4 Å². The Bertz CT molecular complexity index is 569. The van der Waals surface area contributed by atoms with Crippen LogP contribution in [0.15, 0.2) is 24.3 Å². The quantitative estimate of drug-likeness (QED) is 0.895. The van der Waals surface area contributed by atoms with Gasteiger partial charge < -0.3 is 14.9 Å². The standard InChI is InChI=1S/C15H19N3O3/c1-16-6-7-18(13-5-3-2-4-12(13)16)15(21)17-9-11(10-17)8-14(19)20/h2-5,11H,6-10H2,1H3,(H,19,20). The maximum Gasteiger partial charge on any atom is 0.324 e. The van der Waals surface area contributed by atoms with E-state index in [1.165, 1.54) is 0 Å². The predicted molar refractivity (Wildman–Crippen MR) is 79.8 cm³/mol. The summed E-state index contributed by atoms with van der Waals surface area (Å²) in [6.45, 7) is 2.54. The van der Waals surface area contributed by atoms with E-state index in [0.717, 1.165) is 17.9 Å². The van der Waals surface area contributed by atoms with Gasteiger partial charge in [-0.25, -0.2) is 4.79 Å². The molecule has 2 heterocycles. The first-order valence-electron chi connectivity index (χ1n) is 7.14. The highest BCUT2D eigenvalue weighted by atomic mass is 16.4. The number of para-hydroxylation sites is 2. The van der Waals surface area contributed by atoms with Crippen molar-refractivity contribution in [2.75, 3.05) is 43.0 Å². The number of nitrogens with zero attached hydrogens (tertiary/aromatic N) is 3. The van der Waals surface area contributed by atoms with Crippen molar-refractivity contribution in [1.82, 2.24) is 4.90 Å². The summed E-state index contributed by atoms with van der Waals surface area (Å²) in [5, 5.41) is 8.76. The zero-order valence-electron chi connectivity index (χ0n) is 12.0. The van der Waals surface area contributed by atoms with Gasteiger partial charge in [0, 0.05) is 39.1 Å². The van der Waals surface area contributed by atoms with E-state index in [1.807, 2.05) is 31.3 Å². The number of benzene rings is 1. The predicted octanol–water partition coefficient (Wildman–Crippen LogP) is 1.47. The summed E-state index contributed by atoms with van der Waals surface area (Å²) in [6, 6.07) is 7.85. The number of urea groups is 1. The molecule has 1 aromatic carbocycles. The molecule has 0 aromatic heterocycles.